The van der Waals surface area contributed by atoms with Crippen LogP contribution in [0.25, 0.3) is 10.9 Å². The normalized spacial score (nSPS) is 11.0. The van der Waals surface area contributed by atoms with Gasteiger partial charge in [-0.05, 0) is 24.6 Å². The van der Waals surface area contributed by atoms with Crippen LogP contribution in [0.3, 0.4) is 0 Å². The summed E-state index contributed by atoms with van der Waals surface area (Å²) in [5.41, 5.74) is 1.16. The zero-order valence-electron chi connectivity index (χ0n) is 14.7. The molecule has 3 aromatic rings. The van der Waals surface area contributed by atoms with E-state index in [9.17, 15) is 8.78 Å². The van der Waals surface area contributed by atoms with E-state index >= 15 is 0 Å². The number of unbranched alkanes of at least 4 members (excludes halogenated alkanes) is 2. The molecule has 5 heteroatoms. The van der Waals surface area contributed by atoms with Crippen molar-refractivity contribution in [3.63, 3.8) is 0 Å². The SMILES string of the molecule is CCCCCOc1cc(SCc2cccc(F)c2F)nc2ccccc12. The second-order valence-electron chi connectivity index (χ2n) is 6.03. The van der Waals surface area contributed by atoms with Gasteiger partial charge in [0, 0.05) is 22.8 Å². The van der Waals surface area contributed by atoms with Gasteiger partial charge in [0.05, 0.1) is 12.1 Å². The van der Waals surface area contributed by atoms with Crippen molar-refractivity contribution in [3.8, 4) is 5.75 Å². The van der Waals surface area contributed by atoms with Crippen molar-refractivity contribution in [1.82, 2.24) is 4.98 Å². The van der Waals surface area contributed by atoms with Crippen LogP contribution in [0.5, 0.6) is 5.75 Å². The van der Waals surface area contributed by atoms with Crippen molar-refractivity contribution >= 4 is 22.7 Å². The number of hydrogen-bond acceptors (Lipinski definition) is 3. The number of ether oxygens (including phenoxy) is 1. The van der Waals surface area contributed by atoms with Crippen molar-refractivity contribution in [2.45, 2.75) is 37.0 Å². The lowest BCUT2D eigenvalue weighted by Crippen LogP contribution is -1.99. The maximum Gasteiger partial charge on any atom is 0.162 e. The molecule has 2 nitrogen and oxygen atoms in total. The minimum atomic E-state index is -0.825. The van der Waals surface area contributed by atoms with E-state index in [1.807, 2.05) is 30.3 Å². The Balaban J connectivity index is 1.80. The van der Waals surface area contributed by atoms with E-state index in [0.717, 1.165) is 47.0 Å². The largest absolute Gasteiger partial charge is 0.493 e. The number of nitrogens with zero attached hydrogens (tertiary/aromatic N) is 1. The van der Waals surface area contributed by atoms with Crippen molar-refractivity contribution in [3.05, 3.63) is 65.7 Å². The predicted octanol–water partition coefficient (Wildman–Crippen LogP) is 6.37. The van der Waals surface area contributed by atoms with E-state index < -0.39 is 11.6 Å². The van der Waals surface area contributed by atoms with Crippen molar-refractivity contribution in [1.29, 1.82) is 0 Å². The van der Waals surface area contributed by atoms with Gasteiger partial charge in [-0.3, -0.25) is 0 Å². The Morgan fingerprint density at radius 3 is 2.73 bits per heavy atom. The van der Waals surface area contributed by atoms with Crippen molar-refractivity contribution in [2.24, 2.45) is 0 Å². The van der Waals surface area contributed by atoms with Gasteiger partial charge in [-0.15, -0.1) is 11.8 Å². The topological polar surface area (TPSA) is 22.1 Å². The maximum absolute atomic E-state index is 13.8. The monoisotopic (exact) mass is 373 g/mol. The molecule has 0 spiro atoms. The molecule has 0 N–H and O–H groups in total. The Labute approximate surface area is 156 Å². The summed E-state index contributed by atoms with van der Waals surface area (Å²) < 4.78 is 33.2. The lowest BCUT2D eigenvalue weighted by atomic mass is 10.2. The minimum absolute atomic E-state index is 0.310. The van der Waals surface area contributed by atoms with Crippen LogP contribution in [-0.2, 0) is 5.75 Å². The second kappa shape index (κ2) is 8.99. The molecule has 0 aliphatic rings. The molecule has 2 aromatic carbocycles. The molecular weight excluding hydrogens is 352 g/mol. The first kappa shape index (κ1) is 18.6. The van der Waals surface area contributed by atoms with E-state index in [-0.39, 0.29) is 0 Å². The molecule has 0 aliphatic carbocycles. The molecule has 0 saturated carbocycles. The fourth-order valence-corrected chi connectivity index (χ4v) is 3.54. The molecule has 1 heterocycles. The highest BCUT2D eigenvalue weighted by Gasteiger charge is 2.11. The van der Waals surface area contributed by atoms with Crippen LogP contribution in [0, 0.1) is 11.6 Å². The average Bonchev–Trinajstić information content (AvgIpc) is 2.66. The van der Waals surface area contributed by atoms with E-state index in [1.165, 1.54) is 17.8 Å². The first-order valence-electron chi connectivity index (χ1n) is 8.77. The number of benzene rings is 2. The van der Waals surface area contributed by atoms with Gasteiger partial charge in [0.1, 0.15) is 10.8 Å². The van der Waals surface area contributed by atoms with Crippen LogP contribution in [-0.4, -0.2) is 11.6 Å². The number of pyridine rings is 1. The van der Waals surface area contributed by atoms with Gasteiger partial charge in [-0.25, -0.2) is 13.8 Å². The summed E-state index contributed by atoms with van der Waals surface area (Å²) in [6.45, 7) is 2.81. The molecule has 0 fully saturated rings. The molecule has 0 saturated heterocycles. The Bertz CT molecular complexity index is 885. The van der Waals surface area contributed by atoms with Crippen LogP contribution in [0.2, 0.25) is 0 Å². The zero-order valence-corrected chi connectivity index (χ0v) is 15.5. The molecule has 0 bridgehead atoms. The number of thioether (sulfide) groups is 1. The van der Waals surface area contributed by atoms with Crippen LogP contribution >= 0.6 is 11.8 Å². The van der Waals surface area contributed by atoms with Crippen LogP contribution < -0.4 is 4.74 Å². The first-order chi connectivity index (χ1) is 12.7. The lowest BCUT2D eigenvalue weighted by molar-refractivity contribution is 0.309. The predicted molar refractivity (Wildman–Crippen MR) is 103 cm³/mol. The number of aromatic nitrogens is 1. The summed E-state index contributed by atoms with van der Waals surface area (Å²) in [5, 5.41) is 1.70. The van der Waals surface area contributed by atoms with Gasteiger partial charge < -0.3 is 4.74 Å². The quantitative estimate of drug-likeness (QED) is 0.338. The molecule has 136 valence electrons. The number of para-hydroxylation sites is 1. The van der Waals surface area contributed by atoms with Crippen LogP contribution in [0.15, 0.2) is 53.6 Å². The summed E-state index contributed by atoms with van der Waals surface area (Å²) >= 11 is 1.37. The van der Waals surface area contributed by atoms with Crippen LogP contribution in [0.1, 0.15) is 31.7 Å². The summed E-state index contributed by atoms with van der Waals surface area (Å²) in [4.78, 5) is 4.61. The molecule has 0 atom stereocenters. The maximum atomic E-state index is 13.8. The Hall–Kier alpha value is -2.14. The molecule has 26 heavy (non-hydrogen) atoms. The van der Waals surface area contributed by atoms with Crippen LogP contribution in [0.4, 0.5) is 8.78 Å². The fourth-order valence-electron chi connectivity index (χ4n) is 2.66. The first-order valence-corrected chi connectivity index (χ1v) is 9.76. The molecular formula is C21H21F2NOS. The Morgan fingerprint density at radius 2 is 1.88 bits per heavy atom. The molecule has 0 aliphatic heterocycles. The van der Waals surface area contributed by atoms with E-state index in [1.54, 1.807) is 6.07 Å². The third-order valence-electron chi connectivity index (χ3n) is 4.07. The number of fused-ring (bicyclic) bond motifs is 1. The summed E-state index contributed by atoms with van der Waals surface area (Å²) in [6, 6.07) is 13.9. The molecule has 0 amide bonds. The number of hydrogen-bond donors (Lipinski definition) is 0. The summed E-state index contributed by atoms with van der Waals surface area (Å²) in [6.07, 6.45) is 3.27. The van der Waals surface area contributed by atoms with E-state index in [0.29, 0.717) is 17.9 Å². The van der Waals surface area contributed by atoms with Gasteiger partial charge in [-0.2, -0.15) is 0 Å². The van der Waals surface area contributed by atoms with Gasteiger partial charge in [-0.1, -0.05) is 44.0 Å². The van der Waals surface area contributed by atoms with Gasteiger partial charge in [0.2, 0.25) is 0 Å². The second-order valence-corrected chi connectivity index (χ2v) is 7.03. The third kappa shape index (κ3) is 4.52. The van der Waals surface area contributed by atoms with Crippen molar-refractivity contribution in [2.75, 3.05) is 6.61 Å². The minimum Gasteiger partial charge on any atom is -0.493 e. The Morgan fingerprint density at radius 1 is 1.04 bits per heavy atom. The van der Waals surface area contributed by atoms with Crippen molar-refractivity contribution < 1.29 is 13.5 Å². The molecule has 0 radical (unpaired) electrons. The summed E-state index contributed by atoms with van der Waals surface area (Å²) in [5.74, 6) is -0.523. The van der Waals surface area contributed by atoms with Gasteiger partial charge in [0.25, 0.3) is 0 Å². The number of halogens is 2. The van der Waals surface area contributed by atoms with E-state index in [4.69, 9.17) is 4.74 Å². The van der Waals surface area contributed by atoms with Gasteiger partial charge in [0.15, 0.2) is 11.6 Å². The lowest BCUT2D eigenvalue weighted by Gasteiger charge is -2.11. The molecule has 0 unspecified atom stereocenters. The Kier molecular flexibility index (Phi) is 6.45. The summed E-state index contributed by atoms with van der Waals surface area (Å²) in [7, 11) is 0. The molecule has 1 aromatic heterocycles. The third-order valence-corrected chi connectivity index (χ3v) is 5.03. The smallest absolute Gasteiger partial charge is 0.162 e. The highest BCUT2D eigenvalue weighted by atomic mass is 32.2. The molecule has 3 rings (SSSR count). The highest BCUT2D eigenvalue weighted by molar-refractivity contribution is 7.98. The van der Waals surface area contributed by atoms with Gasteiger partial charge >= 0.3 is 0 Å². The van der Waals surface area contributed by atoms with E-state index in [2.05, 4.69) is 11.9 Å². The fraction of sp³-hybridized carbons (Fsp3) is 0.286. The number of rotatable bonds is 8. The zero-order chi connectivity index (χ0) is 18.4. The average molecular weight is 373 g/mol. The standard InChI is InChI=1S/C21H21F2NOS/c1-2-3-6-12-25-19-13-20(24-18-11-5-4-9-16(18)19)26-14-15-8-7-10-17(22)21(15)23/h4-5,7-11,13H,2-3,6,12,14H2,1H3. The highest BCUT2D eigenvalue weighted by Crippen LogP contribution is 2.31.